The molecule has 4 heteroatoms. The van der Waals surface area contributed by atoms with Crippen LogP contribution in [0.5, 0.6) is 0 Å². The molecule has 0 rings (SSSR count). The first-order valence-electron chi connectivity index (χ1n) is 4.97. The maximum atomic E-state index is 11.6. The zero-order chi connectivity index (χ0) is 11.4. The molecule has 0 amide bonds. The summed E-state index contributed by atoms with van der Waals surface area (Å²) in [6, 6.07) is 0. The largest absolute Gasteiger partial charge is 0.466 e. The molecule has 0 aromatic heterocycles. The highest BCUT2D eigenvalue weighted by molar-refractivity contribution is 6.71. The van der Waals surface area contributed by atoms with Crippen molar-refractivity contribution in [2.45, 2.75) is 40.3 Å². The summed E-state index contributed by atoms with van der Waals surface area (Å²) in [6.45, 7) is 9.84. The summed E-state index contributed by atoms with van der Waals surface area (Å²) in [4.78, 5) is 11.6. The lowest BCUT2D eigenvalue weighted by atomic mass is 9.91. The van der Waals surface area contributed by atoms with Gasteiger partial charge in [0.05, 0.1) is 5.41 Å². The van der Waals surface area contributed by atoms with E-state index < -0.39 is 8.32 Å². The topological polar surface area (TPSA) is 35.5 Å². The fourth-order valence-corrected chi connectivity index (χ4v) is 1.23. The highest BCUT2D eigenvalue weighted by Gasteiger charge is 2.30. The van der Waals surface area contributed by atoms with Gasteiger partial charge in [-0.05, 0) is 33.4 Å². The van der Waals surface area contributed by atoms with Gasteiger partial charge in [-0.1, -0.05) is 6.92 Å². The van der Waals surface area contributed by atoms with Gasteiger partial charge in [0.15, 0.2) is 0 Å². The van der Waals surface area contributed by atoms with Crippen molar-refractivity contribution in [3.05, 3.63) is 0 Å². The Morgan fingerprint density at radius 3 is 2.21 bits per heavy atom. The molecule has 14 heavy (non-hydrogen) atoms. The monoisotopic (exact) mass is 218 g/mol. The molecule has 0 bridgehead atoms. The van der Waals surface area contributed by atoms with Crippen LogP contribution >= 0.6 is 0 Å². The first-order chi connectivity index (χ1) is 6.25. The molecule has 0 aliphatic heterocycles. The van der Waals surface area contributed by atoms with Crippen LogP contribution in [0.25, 0.3) is 0 Å². The molecule has 0 heterocycles. The molecule has 0 aromatic rings. The van der Waals surface area contributed by atoms with Gasteiger partial charge in [0.2, 0.25) is 8.32 Å². The van der Waals surface area contributed by atoms with E-state index >= 15 is 0 Å². The van der Waals surface area contributed by atoms with Crippen molar-refractivity contribution < 1.29 is 14.0 Å². The van der Waals surface area contributed by atoms with Crippen LogP contribution in [0.1, 0.15) is 27.2 Å². The zero-order valence-corrected chi connectivity index (χ0v) is 11.1. The smallest absolute Gasteiger partial charge is 0.311 e. The molecule has 0 N–H and O–H groups in total. The Kier molecular flexibility index (Phi) is 4.81. The standard InChI is InChI=1S/C10H22O3Si/c1-7-10(2,3)9(11)13-8-14(5,6)12-4/h7-8H2,1-6H3. The van der Waals surface area contributed by atoms with Crippen molar-refractivity contribution in [3.8, 4) is 0 Å². The molecule has 0 aromatic carbocycles. The number of carbonyl (C=O) groups excluding carboxylic acids is 1. The van der Waals surface area contributed by atoms with E-state index in [0.29, 0.717) is 6.23 Å². The molecule has 84 valence electrons. The van der Waals surface area contributed by atoms with Crippen molar-refractivity contribution in [2.24, 2.45) is 5.41 Å². The number of esters is 1. The minimum absolute atomic E-state index is 0.127. The Hall–Kier alpha value is -0.353. The van der Waals surface area contributed by atoms with Gasteiger partial charge in [0.1, 0.15) is 6.23 Å². The van der Waals surface area contributed by atoms with E-state index in [-0.39, 0.29) is 11.4 Å². The van der Waals surface area contributed by atoms with E-state index in [4.69, 9.17) is 9.16 Å². The summed E-state index contributed by atoms with van der Waals surface area (Å²) in [7, 11) is -0.103. The third kappa shape index (κ3) is 4.24. The van der Waals surface area contributed by atoms with Gasteiger partial charge in [0, 0.05) is 7.11 Å². The summed E-state index contributed by atoms with van der Waals surface area (Å²) in [5.74, 6) is -0.127. The minimum Gasteiger partial charge on any atom is -0.466 e. The highest BCUT2D eigenvalue weighted by Crippen LogP contribution is 2.21. The molecule has 0 aliphatic rings. The first kappa shape index (κ1) is 13.6. The van der Waals surface area contributed by atoms with Crippen LogP contribution < -0.4 is 0 Å². The van der Waals surface area contributed by atoms with Crippen molar-refractivity contribution in [3.63, 3.8) is 0 Å². The first-order valence-corrected chi connectivity index (χ1v) is 8.09. The molecule has 0 saturated carbocycles. The molecule has 0 aliphatic carbocycles. The third-order valence-corrected chi connectivity index (χ3v) is 4.48. The molecule has 0 atom stereocenters. The molecule has 0 fully saturated rings. The molecule has 3 nitrogen and oxygen atoms in total. The van der Waals surface area contributed by atoms with E-state index in [1.165, 1.54) is 0 Å². The van der Waals surface area contributed by atoms with Crippen LogP contribution in [0.15, 0.2) is 0 Å². The van der Waals surface area contributed by atoms with E-state index in [1.807, 2.05) is 33.9 Å². The summed E-state index contributed by atoms with van der Waals surface area (Å²) in [5.41, 5.74) is -0.377. The quantitative estimate of drug-likeness (QED) is 0.525. The second kappa shape index (κ2) is 4.93. The molecule has 0 saturated heterocycles. The van der Waals surface area contributed by atoms with Crippen LogP contribution in [0.3, 0.4) is 0 Å². The van der Waals surface area contributed by atoms with E-state index in [2.05, 4.69) is 0 Å². The van der Waals surface area contributed by atoms with Gasteiger partial charge in [-0.3, -0.25) is 4.79 Å². The van der Waals surface area contributed by atoms with E-state index in [1.54, 1.807) is 7.11 Å². The van der Waals surface area contributed by atoms with Gasteiger partial charge < -0.3 is 9.16 Å². The number of hydrogen-bond acceptors (Lipinski definition) is 3. The predicted molar refractivity (Wildman–Crippen MR) is 59.5 cm³/mol. The lowest BCUT2D eigenvalue weighted by Gasteiger charge is -2.24. The molecule has 0 radical (unpaired) electrons. The number of rotatable bonds is 5. The zero-order valence-electron chi connectivity index (χ0n) is 10.1. The Morgan fingerprint density at radius 1 is 1.36 bits per heavy atom. The van der Waals surface area contributed by atoms with Gasteiger partial charge in [-0.15, -0.1) is 0 Å². The Morgan fingerprint density at radius 2 is 1.86 bits per heavy atom. The summed E-state index contributed by atoms with van der Waals surface area (Å²) in [6.07, 6.45) is 1.23. The third-order valence-electron chi connectivity index (χ3n) is 2.54. The number of hydrogen-bond donors (Lipinski definition) is 0. The SMILES string of the molecule is CCC(C)(C)C(=O)OC[Si](C)(C)OC. The van der Waals surface area contributed by atoms with Gasteiger partial charge >= 0.3 is 5.97 Å². The summed E-state index contributed by atoms with van der Waals surface area (Å²) < 4.78 is 10.5. The van der Waals surface area contributed by atoms with Crippen LogP contribution in [0, 0.1) is 5.41 Å². The second-order valence-electron chi connectivity index (χ2n) is 4.78. The summed E-state index contributed by atoms with van der Waals surface area (Å²) >= 11 is 0. The van der Waals surface area contributed by atoms with E-state index in [0.717, 1.165) is 6.42 Å². The number of carbonyl (C=O) groups is 1. The maximum Gasteiger partial charge on any atom is 0.311 e. The van der Waals surface area contributed by atoms with Gasteiger partial charge in [-0.25, -0.2) is 0 Å². The van der Waals surface area contributed by atoms with Gasteiger partial charge in [0.25, 0.3) is 0 Å². The predicted octanol–water partition coefficient (Wildman–Crippen LogP) is 2.36. The van der Waals surface area contributed by atoms with Crippen molar-refractivity contribution in [2.75, 3.05) is 13.3 Å². The second-order valence-corrected chi connectivity index (χ2v) is 8.99. The molecule has 0 spiro atoms. The molecular formula is C10H22O3Si. The van der Waals surface area contributed by atoms with Crippen LogP contribution in [0.4, 0.5) is 0 Å². The van der Waals surface area contributed by atoms with Crippen molar-refractivity contribution in [1.82, 2.24) is 0 Å². The highest BCUT2D eigenvalue weighted by atomic mass is 28.4. The van der Waals surface area contributed by atoms with Crippen molar-refractivity contribution in [1.29, 1.82) is 0 Å². The Balaban J connectivity index is 4.10. The lowest BCUT2D eigenvalue weighted by Crippen LogP contribution is -2.39. The Bertz CT molecular complexity index is 200. The van der Waals surface area contributed by atoms with E-state index in [9.17, 15) is 4.79 Å². The Labute approximate surface area is 87.9 Å². The average molecular weight is 218 g/mol. The fraction of sp³-hybridized carbons (Fsp3) is 0.900. The van der Waals surface area contributed by atoms with Gasteiger partial charge in [-0.2, -0.15) is 0 Å². The average Bonchev–Trinajstić information content (AvgIpc) is 2.14. The normalized spacial score (nSPS) is 12.7. The lowest BCUT2D eigenvalue weighted by molar-refractivity contribution is -0.152. The van der Waals surface area contributed by atoms with Crippen molar-refractivity contribution >= 4 is 14.3 Å². The number of ether oxygens (including phenoxy) is 1. The minimum atomic E-state index is -1.77. The fourth-order valence-electron chi connectivity index (χ4n) is 0.638. The summed E-state index contributed by atoms with van der Waals surface area (Å²) in [5, 5.41) is 0. The maximum absolute atomic E-state index is 11.6. The van der Waals surface area contributed by atoms with Crippen LogP contribution in [-0.2, 0) is 14.0 Å². The van der Waals surface area contributed by atoms with Crippen LogP contribution in [0.2, 0.25) is 13.1 Å². The molecular weight excluding hydrogens is 196 g/mol. The molecule has 0 unspecified atom stereocenters. The van der Waals surface area contributed by atoms with Crippen LogP contribution in [-0.4, -0.2) is 27.6 Å².